The summed E-state index contributed by atoms with van der Waals surface area (Å²) in [5, 5.41) is 10.8. The summed E-state index contributed by atoms with van der Waals surface area (Å²) in [5.74, 6) is 1.90. The van der Waals surface area contributed by atoms with Gasteiger partial charge in [0, 0.05) is 36.6 Å². The third-order valence-electron chi connectivity index (χ3n) is 4.97. The van der Waals surface area contributed by atoms with Gasteiger partial charge in [-0.15, -0.1) is 21.5 Å². The topological polar surface area (TPSA) is 58.6 Å². The maximum absolute atomic E-state index is 12.5. The van der Waals surface area contributed by atoms with Crippen LogP contribution >= 0.6 is 11.3 Å². The smallest absolute Gasteiger partial charge is 0.227 e. The first-order chi connectivity index (χ1) is 14.2. The van der Waals surface area contributed by atoms with Gasteiger partial charge in [0.1, 0.15) is 5.75 Å². The molecule has 0 N–H and O–H groups in total. The van der Waals surface area contributed by atoms with Crippen molar-refractivity contribution < 1.29 is 9.53 Å². The Morgan fingerprint density at radius 3 is 2.45 bits per heavy atom. The first-order valence-electron chi connectivity index (χ1n) is 9.85. The van der Waals surface area contributed by atoms with Crippen molar-refractivity contribution in [2.75, 3.05) is 37.7 Å². The fourth-order valence-corrected chi connectivity index (χ4v) is 4.09. The number of nitrogens with zero attached hydrogens (tertiary/aromatic N) is 4. The van der Waals surface area contributed by atoms with E-state index in [4.69, 9.17) is 4.74 Å². The Bertz CT molecular complexity index is 918. The van der Waals surface area contributed by atoms with Crippen molar-refractivity contribution in [1.82, 2.24) is 15.1 Å². The molecule has 4 rings (SSSR count). The molecule has 150 valence electrons. The number of benzene rings is 1. The maximum Gasteiger partial charge on any atom is 0.227 e. The van der Waals surface area contributed by atoms with Crippen LogP contribution in [0.5, 0.6) is 5.75 Å². The normalized spacial score (nSPS) is 14.1. The van der Waals surface area contributed by atoms with Gasteiger partial charge in [0.15, 0.2) is 5.82 Å². The van der Waals surface area contributed by atoms with E-state index in [2.05, 4.69) is 15.1 Å². The molecule has 7 heteroatoms. The number of rotatable bonds is 6. The Morgan fingerprint density at radius 1 is 1.03 bits per heavy atom. The van der Waals surface area contributed by atoms with Gasteiger partial charge in [-0.3, -0.25) is 4.79 Å². The molecule has 0 atom stereocenters. The van der Waals surface area contributed by atoms with Crippen LogP contribution in [0, 0.1) is 0 Å². The molecule has 0 aliphatic carbocycles. The fraction of sp³-hybridized carbons (Fsp3) is 0.318. The van der Waals surface area contributed by atoms with Crippen LogP contribution in [0.25, 0.3) is 11.3 Å². The Hall–Kier alpha value is -2.93. The lowest BCUT2D eigenvalue weighted by Crippen LogP contribution is -2.49. The van der Waals surface area contributed by atoms with Crippen molar-refractivity contribution >= 4 is 23.1 Å². The molecule has 1 amide bonds. The van der Waals surface area contributed by atoms with Gasteiger partial charge >= 0.3 is 0 Å². The van der Waals surface area contributed by atoms with Gasteiger partial charge in [-0.2, -0.15) is 0 Å². The van der Waals surface area contributed by atoms with E-state index in [0.29, 0.717) is 26.1 Å². The van der Waals surface area contributed by atoms with E-state index in [1.807, 2.05) is 65.7 Å². The number of hydrogen-bond donors (Lipinski definition) is 0. The summed E-state index contributed by atoms with van der Waals surface area (Å²) < 4.78 is 5.48. The molecule has 0 spiro atoms. The molecule has 0 radical (unpaired) electrons. The molecule has 3 aromatic rings. The number of anilines is 1. The molecular formula is C22H24N4O2S. The van der Waals surface area contributed by atoms with Gasteiger partial charge in [0.05, 0.1) is 18.7 Å². The lowest BCUT2D eigenvalue weighted by Gasteiger charge is -2.35. The van der Waals surface area contributed by atoms with Gasteiger partial charge in [0.2, 0.25) is 5.91 Å². The van der Waals surface area contributed by atoms with Crippen LogP contribution < -0.4 is 9.64 Å². The zero-order valence-electron chi connectivity index (χ0n) is 16.5. The van der Waals surface area contributed by atoms with Crippen molar-refractivity contribution in [2.24, 2.45) is 0 Å². The standard InChI is InChI=1S/C22H24N4O2S/c1-2-28-18-7-5-17(6-8-18)20-9-10-21(24-23-20)25-11-13-26(14-12-25)22(27)16-19-4-3-15-29-19/h3-10,15H,2,11-14,16H2,1H3. The van der Waals surface area contributed by atoms with Gasteiger partial charge in [0.25, 0.3) is 0 Å². The number of carbonyl (C=O) groups is 1. The molecule has 3 heterocycles. The average molecular weight is 409 g/mol. The number of piperazine rings is 1. The zero-order valence-corrected chi connectivity index (χ0v) is 17.3. The monoisotopic (exact) mass is 408 g/mol. The van der Waals surface area contributed by atoms with Crippen LogP contribution in [0.1, 0.15) is 11.8 Å². The third kappa shape index (κ3) is 4.74. The first-order valence-corrected chi connectivity index (χ1v) is 10.7. The highest BCUT2D eigenvalue weighted by atomic mass is 32.1. The summed E-state index contributed by atoms with van der Waals surface area (Å²) in [6, 6.07) is 15.9. The maximum atomic E-state index is 12.5. The predicted molar refractivity (Wildman–Crippen MR) is 115 cm³/mol. The van der Waals surface area contributed by atoms with Crippen LogP contribution in [-0.4, -0.2) is 53.8 Å². The summed E-state index contributed by atoms with van der Waals surface area (Å²) in [5.41, 5.74) is 1.85. The van der Waals surface area contributed by atoms with Crippen LogP contribution in [0.15, 0.2) is 53.9 Å². The van der Waals surface area contributed by atoms with Crippen LogP contribution in [0.3, 0.4) is 0 Å². The van der Waals surface area contributed by atoms with Crippen molar-refractivity contribution in [2.45, 2.75) is 13.3 Å². The highest BCUT2D eigenvalue weighted by Gasteiger charge is 2.22. The van der Waals surface area contributed by atoms with Crippen molar-refractivity contribution in [1.29, 1.82) is 0 Å². The average Bonchev–Trinajstić information content (AvgIpc) is 3.28. The van der Waals surface area contributed by atoms with Crippen molar-refractivity contribution in [3.63, 3.8) is 0 Å². The number of thiophene rings is 1. The van der Waals surface area contributed by atoms with E-state index in [-0.39, 0.29) is 5.91 Å². The number of carbonyl (C=O) groups excluding carboxylic acids is 1. The van der Waals surface area contributed by atoms with Crippen LogP contribution in [0.4, 0.5) is 5.82 Å². The molecule has 2 aromatic heterocycles. The molecule has 1 fully saturated rings. The number of aromatic nitrogens is 2. The van der Waals surface area contributed by atoms with E-state index in [9.17, 15) is 4.79 Å². The third-order valence-corrected chi connectivity index (χ3v) is 5.85. The Kier molecular flexibility index (Phi) is 6.05. The summed E-state index contributed by atoms with van der Waals surface area (Å²) in [4.78, 5) is 17.7. The molecule has 1 aliphatic rings. The van der Waals surface area contributed by atoms with E-state index < -0.39 is 0 Å². The van der Waals surface area contributed by atoms with E-state index in [1.165, 1.54) is 0 Å². The second-order valence-electron chi connectivity index (χ2n) is 6.86. The summed E-state index contributed by atoms with van der Waals surface area (Å²) in [6.07, 6.45) is 0.494. The predicted octanol–water partition coefficient (Wildman–Crippen LogP) is 3.50. The minimum absolute atomic E-state index is 0.198. The molecule has 6 nitrogen and oxygen atoms in total. The number of amides is 1. The molecule has 1 saturated heterocycles. The van der Waals surface area contributed by atoms with E-state index in [0.717, 1.165) is 40.8 Å². The summed E-state index contributed by atoms with van der Waals surface area (Å²) in [6.45, 7) is 5.60. The van der Waals surface area contributed by atoms with Crippen LogP contribution in [-0.2, 0) is 11.2 Å². The van der Waals surface area contributed by atoms with E-state index >= 15 is 0 Å². The molecule has 29 heavy (non-hydrogen) atoms. The molecular weight excluding hydrogens is 384 g/mol. The van der Waals surface area contributed by atoms with Crippen molar-refractivity contribution in [3.8, 4) is 17.0 Å². The molecule has 0 bridgehead atoms. The van der Waals surface area contributed by atoms with Gasteiger partial charge in [-0.25, -0.2) is 0 Å². The quantitative estimate of drug-likeness (QED) is 0.625. The van der Waals surface area contributed by atoms with Crippen molar-refractivity contribution in [3.05, 3.63) is 58.8 Å². The number of ether oxygens (including phenoxy) is 1. The number of hydrogen-bond acceptors (Lipinski definition) is 6. The van der Waals surface area contributed by atoms with Crippen LogP contribution in [0.2, 0.25) is 0 Å². The SMILES string of the molecule is CCOc1ccc(-c2ccc(N3CCN(C(=O)Cc4cccs4)CC3)nn2)cc1. The highest BCUT2D eigenvalue weighted by Crippen LogP contribution is 2.22. The highest BCUT2D eigenvalue weighted by molar-refractivity contribution is 7.10. The second kappa shape index (κ2) is 9.05. The molecule has 0 unspecified atom stereocenters. The minimum atomic E-state index is 0.198. The fourth-order valence-electron chi connectivity index (χ4n) is 3.40. The summed E-state index contributed by atoms with van der Waals surface area (Å²) in [7, 11) is 0. The van der Waals surface area contributed by atoms with Gasteiger partial charge < -0.3 is 14.5 Å². The molecule has 0 saturated carbocycles. The lowest BCUT2D eigenvalue weighted by molar-refractivity contribution is -0.130. The summed E-state index contributed by atoms with van der Waals surface area (Å²) >= 11 is 1.63. The van der Waals surface area contributed by atoms with Gasteiger partial charge in [-0.1, -0.05) is 6.07 Å². The lowest BCUT2D eigenvalue weighted by atomic mass is 10.1. The largest absolute Gasteiger partial charge is 0.494 e. The molecule has 1 aliphatic heterocycles. The Balaban J connectivity index is 1.33. The Labute approximate surface area is 174 Å². The second-order valence-corrected chi connectivity index (χ2v) is 7.89. The molecule has 1 aromatic carbocycles. The van der Waals surface area contributed by atoms with Gasteiger partial charge in [-0.05, 0) is 54.8 Å². The Morgan fingerprint density at radius 2 is 1.83 bits per heavy atom. The van der Waals surface area contributed by atoms with E-state index in [1.54, 1.807) is 11.3 Å². The minimum Gasteiger partial charge on any atom is -0.494 e. The first kappa shape index (κ1) is 19.4. The zero-order chi connectivity index (χ0) is 20.1.